The van der Waals surface area contributed by atoms with E-state index in [1.807, 2.05) is 13.8 Å². The van der Waals surface area contributed by atoms with Crippen LogP contribution in [0.3, 0.4) is 0 Å². The number of benzene rings is 1. The summed E-state index contributed by atoms with van der Waals surface area (Å²) in [4.78, 5) is 11.3. The van der Waals surface area contributed by atoms with Crippen LogP contribution in [0.25, 0.3) is 0 Å². The third-order valence-corrected chi connectivity index (χ3v) is 4.33. The second kappa shape index (κ2) is 5.54. The van der Waals surface area contributed by atoms with E-state index in [1.165, 1.54) is 6.07 Å². The standard InChI is InChI=1S/C15H22N2O4/c1-6(2)10-8(4-7(18)5-9(10)19)11-13(16)12(15(20)21)14(11)17-3/h4-6,11-14,17-19H,16H2,1-3H3,(H,20,21). The number of carbonyl (C=O) groups is 1. The van der Waals surface area contributed by atoms with Crippen molar-refractivity contribution in [3.05, 3.63) is 23.3 Å². The van der Waals surface area contributed by atoms with Gasteiger partial charge in [-0.1, -0.05) is 13.8 Å². The van der Waals surface area contributed by atoms with Crippen molar-refractivity contribution in [1.29, 1.82) is 0 Å². The van der Waals surface area contributed by atoms with Gasteiger partial charge in [0.15, 0.2) is 0 Å². The number of nitrogens with two attached hydrogens (primary N) is 1. The molecule has 6 N–H and O–H groups in total. The Kier molecular flexibility index (Phi) is 4.11. The van der Waals surface area contributed by atoms with Crippen molar-refractivity contribution in [2.24, 2.45) is 11.7 Å². The number of hydrogen-bond donors (Lipinski definition) is 5. The summed E-state index contributed by atoms with van der Waals surface area (Å²) in [5.74, 6) is -1.87. The van der Waals surface area contributed by atoms with E-state index in [4.69, 9.17) is 5.73 Å². The Hall–Kier alpha value is -1.79. The van der Waals surface area contributed by atoms with E-state index in [1.54, 1.807) is 13.1 Å². The maximum atomic E-state index is 11.3. The molecular weight excluding hydrogens is 272 g/mol. The van der Waals surface area contributed by atoms with E-state index in [2.05, 4.69) is 5.32 Å². The second-order valence-electron chi connectivity index (χ2n) is 5.90. The zero-order valence-corrected chi connectivity index (χ0v) is 12.4. The van der Waals surface area contributed by atoms with E-state index in [0.717, 1.165) is 0 Å². The van der Waals surface area contributed by atoms with Gasteiger partial charge in [-0.05, 0) is 24.6 Å². The Morgan fingerprint density at radius 2 is 1.95 bits per heavy atom. The second-order valence-corrected chi connectivity index (χ2v) is 5.90. The molecule has 0 spiro atoms. The van der Waals surface area contributed by atoms with Crippen LogP contribution in [-0.2, 0) is 4.79 Å². The molecular formula is C15H22N2O4. The summed E-state index contributed by atoms with van der Waals surface area (Å²) < 4.78 is 0. The van der Waals surface area contributed by atoms with Gasteiger partial charge in [0.1, 0.15) is 11.5 Å². The number of carboxylic acids is 1. The SMILES string of the molecule is CNC1C(C(=O)O)C(N)C1c1cc(O)cc(O)c1C(C)C. The Labute approximate surface area is 123 Å². The van der Waals surface area contributed by atoms with Crippen molar-refractivity contribution in [3.63, 3.8) is 0 Å². The number of likely N-dealkylation sites (N-methyl/N-ethyl adjacent to an activating group) is 1. The summed E-state index contributed by atoms with van der Waals surface area (Å²) in [6.07, 6.45) is 0. The summed E-state index contributed by atoms with van der Waals surface area (Å²) in [5, 5.41) is 32.1. The first-order chi connectivity index (χ1) is 9.79. The molecule has 0 amide bonds. The van der Waals surface area contributed by atoms with Gasteiger partial charge in [-0.15, -0.1) is 0 Å². The van der Waals surface area contributed by atoms with Gasteiger partial charge in [0.25, 0.3) is 0 Å². The molecule has 116 valence electrons. The maximum absolute atomic E-state index is 11.3. The fourth-order valence-electron chi connectivity index (χ4n) is 3.41. The van der Waals surface area contributed by atoms with Gasteiger partial charge in [0.2, 0.25) is 0 Å². The van der Waals surface area contributed by atoms with Crippen LogP contribution in [0.1, 0.15) is 36.8 Å². The average molecular weight is 294 g/mol. The van der Waals surface area contributed by atoms with E-state index in [0.29, 0.717) is 11.1 Å². The van der Waals surface area contributed by atoms with Gasteiger partial charge in [0, 0.05) is 29.6 Å². The van der Waals surface area contributed by atoms with Crippen molar-refractivity contribution in [1.82, 2.24) is 5.32 Å². The Bertz CT molecular complexity index is 559. The number of rotatable bonds is 4. The number of nitrogens with one attached hydrogen (secondary N) is 1. The minimum atomic E-state index is -0.937. The normalized spacial score (nSPS) is 28.4. The van der Waals surface area contributed by atoms with Crippen molar-refractivity contribution in [2.75, 3.05) is 7.05 Å². The zero-order chi connectivity index (χ0) is 15.9. The summed E-state index contributed by atoms with van der Waals surface area (Å²) in [6.45, 7) is 3.87. The number of phenolic OH excluding ortho intramolecular Hbond substituents is 2. The van der Waals surface area contributed by atoms with E-state index in [9.17, 15) is 20.1 Å². The smallest absolute Gasteiger partial charge is 0.309 e. The van der Waals surface area contributed by atoms with Crippen LogP contribution < -0.4 is 11.1 Å². The summed E-state index contributed by atoms with van der Waals surface area (Å²) in [5.41, 5.74) is 7.47. The van der Waals surface area contributed by atoms with E-state index in [-0.39, 0.29) is 29.4 Å². The van der Waals surface area contributed by atoms with Gasteiger partial charge < -0.3 is 26.4 Å². The Balaban J connectivity index is 2.49. The zero-order valence-electron chi connectivity index (χ0n) is 12.4. The quantitative estimate of drug-likeness (QED) is 0.564. The lowest BCUT2D eigenvalue weighted by molar-refractivity contribution is -0.148. The fraction of sp³-hybridized carbons (Fsp3) is 0.533. The molecule has 1 aromatic rings. The molecule has 1 saturated carbocycles. The Morgan fingerprint density at radius 1 is 1.33 bits per heavy atom. The highest BCUT2D eigenvalue weighted by molar-refractivity contribution is 5.75. The third kappa shape index (κ3) is 2.45. The molecule has 0 radical (unpaired) electrons. The minimum Gasteiger partial charge on any atom is -0.508 e. The highest BCUT2D eigenvalue weighted by Gasteiger charge is 2.53. The van der Waals surface area contributed by atoms with Crippen LogP contribution in [0.4, 0.5) is 0 Å². The molecule has 6 heteroatoms. The molecule has 1 aliphatic carbocycles. The van der Waals surface area contributed by atoms with Crippen molar-refractivity contribution in [3.8, 4) is 11.5 Å². The average Bonchev–Trinajstić information content (AvgIpc) is 2.33. The predicted octanol–water partition coefficient (Wildman–Crippen LogP) is 0.935. The first-order valence-electron chi connectivity index (χ1n) is 7.01. The molecule has 0 aromatic heterocycles. The van der Waals surface area contributed by atoms with Gasteiger partial charge in [-0.3, -0.25) is 4.79 Å². The minimum absolute atomic E-state index is 0.0147. The molecule has 0 heterocycles. The molecule has 0 bridgehead atoms. The molecule has 21 heavy (non-hydrogen) atoms. The van der Waals surface area contributed by atoms with Gasteiger partial charge >= 0.3 is 5.97 Å². The van der Waals surface area contributed by atoms with Crippen LogP contribution in [0.2, 0.25) is 0 Å². The van der Waals surface area contributed by atoms with Crippen LogP contribution in [0, 0.1) is 5.92 Å². The number of carboxylic acid groups (broad SMARTS) is 1. The third-order valence-electron chi connectivity index (χ3n) is 4.33. The summed E-state index contributed by atoms with van der Waals surface area (Å²) >= 11 is 0. The first kappa shape index (κ1) is 15.6. The lowest BCUT2D eigenvalue weighted by Crippen LogP contribution is -2.65. The molecule has 1 aromatic carbocycles. The molecule has 4 atom stereocenters. The molecule has 0 saturated heterocycles. The maximum Gasteiger partial charge on any atom is 0.309 e. The van der Waals surface area contributed by atoms with Crippen LogP contribution in [0.5, 0.6) is 11.5 Å². The lowest BCUT2D eigenvalue weighted by Gasteiger charge is -2.49. The van der Waals surface area contributed by atoms with Gasteiger partial charge in [0.05, 0.1) is 5.92 Å². The number of aromatic hydroxyl groups is 2. The number of phenols is 2. The molecule has 6 nitrogen and oxygen atoms in total. The molecule has 1 fully saturated rings. The van der Waals surface area contributed by atoms with E-state index >= 15 is 0 Å². The monoisotopic (exact) mass is 294 g/mol. The highest BCUT2D eigenvalue weighted by atomic mass is 16.4. The Morgan fingerprint density at radius 3 is 2.43 bits per heavy atom. The van der Waals surface area contributed by atoms with Crippen molar-refractivity contribution in [2.45, 2.75) is 37.8 Å². The number of aliphatic carboxylic acids is 1. The molecule has 0 aliphatic heterocycles. The van der Waals surface area contributed by atoms with Crippen LogP contribution in [-0.4, -0.2) is 40.4 Å². The topological polar surface area (TPSA) is 116 Å². The molecule has 2 rings (SSSR count). The predicted molar refractivity (Wildman–Crippen MR) is 78.6 cm³/mol. The largest absolute Gasteiger partial charge is 0.508 e. The first-order valence-corrected chi connectivity index (χ1v) is 7.01. The number of hydrogen-bond acceptors (Lipinski definition) is 5. The van der Waals surface area contributed by atoms with Crippen molar-refractivity contribution < 1.29 is 20.1 Å². The van der Waals surface area contributed by atoms with Crippen molar-refractivity contribution >= 4 is 5.97 Å². The molecule has 4 unspecified atom stereocenters. The highest BCUT2D eigenvalue weighted by Crippen LogP contribution is 2.46. The summed E-state index contributed by atoms with van der Waals surface area (Å²) in [7, 11) is 1.69. The van der Waals surface area contributed by atoms with E-state index < -0.39 is 17.9 Å². The molecule has 1 aliphatic rings. The summed E-state index contributed by atoms with van der Waals surface area (Å²) in [6, 6.07) is 1.99. The fourth-order valence-corrected chi connectivity index (χ4v) is 3.41. The lowest BCUT2D eigenvalue weighted by atomic mass is 9.61. The van der Waals surface area contributed by atoms with Gasteiger partial charge in [-0.2, -0.15) is 0 Å². The van der Waals surface area contributed by atoms with Crippen LogP contribution in [0.15, 0.2) is 12.1 Å². The van der Waals surface area contributed by atoms with Crippen LogP contribution >= 0.6 is 0 Å². The van der Waals surface area contributed by atoms with Gasteiger partial charge in [-0.25, -0.2) is 0 Å².